The van der Waals surface area contributed by atoms with Gasteiger partial charge < -0.3 is 10.1 Å². The fourth-order valence-corrected chi connectivity index (χ4v) is 2.35. The van der Waals surface area contributed by atoms with Gasteiger partial charge in [-0.2, -0.15) is 11.8 Å². The van der Waals surface area contributed by atoms with E-state index in [1.54, 1.807) is 7.11 Å². The number of hydrogen-bond donors (Lipinski definition) is 1. The number of rotatable bonds is 8. The molecule has 17 heavy (non-hydrogen) atoms. The third-order valence-corrected chi connectivity index (χ3v) is 3.65. The zero-order valence-corrected chi connectivity index (χ0v) is 11.8. The zero-order valence-electron chi connectivity index (χ0n) is 11.0. The van der Waals surface area contributed by atoms with E-state index in [4.69, 9.17) is 4.74 Å². The van der Waals surface area contributed by atoms with Crippen LogP contribution in [0, 0.1) is 0 Å². The smallest absolute Gasteiger partial charge is 0.118 e. The second-order valence-corrected chi connectivity index (χ2v) is 5.51. The Bertz CT molecular complexity index is 300. The molecule has 0 saturated carbocycles. The molecule has 0 aliphatic carbocycles. The molecule has 1 aromatic rings. The molecule has 1 aromatic carbocycles. The van der Waals surface area contributed by atoms with E-state index in [9.17, 15) is 0 Å². The first kappa shape index (κ1) is 14.4. The molecule has 0 amide bonds. The summed E-state index contributed by atoms with van der Waals surface area (Å²) in [7, 11) is 1.70. The van der Waals surface area contributed by atoms with Gasteiger partial charge in [0.05, 0.1) is 7.11 Å². The summed E-state index contributed by atoms with van der Waals surface area (Å²) in [5.74, 6) is 3.37. The van der Waals surface area contributed by atoms with E-state index in [1.165, 1.54) is 23.5 Å². The Kier molecular flexibility index (Phi) is 7.13. The van der Waals surface area contributed by atoms with E-state index >= 15 is 0 Å². The maximum absolute atomic E-state index is 5.14. The van der Waals surface area contributed by atoms with Crippen LogP contribution in [0.25, 0.3) is 0 Å². The Balaban J connectivity index is 2.24. The lowest BCUT2D eigenvalue weighted by Crippen LogP contribution is -2.25. The summed E-state index contributed by atoms with van der Waals surface area (Å²) in [4.78, 5) is 0. The predicted octanol–water partition coefficient (Wildman–Crippen LogP) is 3.32. The van der Waals surface area contributed by atoms with Gasteiger partial charge in [0, 0.05) is 12.6 Å². The third-order valence-electron chi connectivity index (χ3n) is 2.71. The predicted molar refractivity (Wildman–Crippen MR) is 76.9 cm³/mol. The van der Waals surface area contributed by atoms with Gasteiger partial charge in [-0.15, -0.1) is 0 Å². The van der Waals surface area contributed by atoms with Crippen LogP contribution in [0.1, 0.15) is 25.8 Å². The van der Waals surface area contributed by atoms with E-state index in [0.717, 1.165) is 12.3 Å². The number of thioether (sulfide) groups is 1. The summed E-state index contributed by atoms with van der Waals surface area (Å²) in [5.41, 5.74) is 1.31. The van der Waals surface area contributed by atoms with E-state index < -0.39 is 0 Å². The second kappa shape index (κ2) is 8.43. The van der Waals surface area contributed by atoms with E-state index in [-0.39, 0.29) is 0 Å². The van der Waals surface area contributed by atoms with Gasteiger partial charge in [0.15, 0.2) is 0 Å². The largest absolute Gasteiger partial charge is 0.497 e. The van der Waals surface area contributed by atoms with E-state index in [0.29, 0.717) is 6.04 Å². The van der Waals surface area contributed by atoms with Crippen LogP contribution >= 0.6 is 11.8 Å². The van der Waals surface area contributed by atoms with Crippen LogP contribution in [-0.2, 0) is 6.54 Å². The van der Waals surface area contributed by atoms with Gasteiger partial charge in [0.1, 0.15) is 5.75 Å². The van der Waals surface area contributed by atoms with Gasteiger partial charge in [-0.3, -0.25) is 0 Å². The lowest BCUT2D eigenvalue weighted by atomic mass is 10.2. The maximum atomic E-state index is 5.14. The molecule has 0 bridgehead atoms. The average Bonchev–Trinajstić information content (AvgIpc) is 2.37. The number of hydrogen-bond acceptors (Lipinski definition) is 3. The fourth-order valence-electron chi connectivity index (χ4n) is 1.54. The summed E-state index contributed by atoms with van der Waals surface area (Å²) in [6, 6.07) is 8.82. The quantitative estimate of drug-likeness (QED) is 0.718. The summed E-state index contributed by atoms with van der Waals surface area (Å²) >= 11 is 2.01. The molecule has 0 aliphatic heterocycles. The van der Waals surface area contributed by atoms with Gasteiger partial charge in [0.2, 0.25) is 0 Å². The van der Waals surface area contributed by atoms with Crippen LogP contribution in [0.2, 0.25) is 0 Å². The SMILES string of the molecule is CCSCCC(C)NCc1ccc(OC)cc1. The van der Waals surface area contributed by atoms with Crippen molar-refractivity contribution in [1.29, 1.82) is 0 Å². The van der Waals surface area contributed by atoms with E-state index in [1.807, 2.05) is 23.9 Å². The van der Waals surface area contributed by atoms with Crippen molar-refractivity contribution in [2.24, 2.45) is 0 Å². The minimum absolute atomic E-state index is 0.580. The Hall–Kier alpha value is -0.670. The lowest BCUT2D eigenvalue weighted by Gasteiger charge is -2.13. The molecule has 0 saturated heterocycles. The summed E-state index contributed by atoms with van der Waals surface area (Å²) in [5, 5.41) is 3.54. The molecular weight excluding hydrogens is 230 g/mol. The minimum Gasteiger partial charge on any atom is -0.497 e. The molecule has 0 aromatic heterocycles. The van der Waals surface area contributed by atoms with Crippen molar-refractivity contribution >= 4 is 11.8 Å². The first-order chi connectivity index (χ1) is 8.26. The molecule has 96 valence electrons. The van der Waals surface area contributed by atoms with Crippen molar-refractivity contribution in [3.05, 3.63) is 29.8 Å². The second-order valence-electron chi connectivity index (χ2n) is 4.12. The van der Waals surface area contributed by atoms with Crippen molar-refractivity contribution in [3.63, 3.8) is 0 Å². The monoisotopic (exact) mass is 253 g/mol. The first-order valence-electron chi connectivity index (χ1n) is 6.20. The number of ether oxygens (including phenoxy) is 1. The highest BCUT2D eigenvalue weighted by molar-refractivity contribution is 7.99. The molecule has 0 radical (unpaired) electrons. The fraction of sp³-hybridized carbons (Fsp3) is 0.571. The van der Waals surface area contributed by atoms with Crippen LogP contribution in [0.3, 0.4) is 0 Å². The Morgan fingerprint density at radius 2 is 2.00 bits per heavy atom. The van der Waals surface area contributed by atoms with Crippen LogP contribution < -0.4 is 10.1 Å². The number of methoxy groups -OCH3 is 1. The van der Waals surface area contributed by atoms with Crippen molar-refractivity contribution in [2.75, 3.05) is 18.6 Å². The molecule has 1 rings (SSSR count). The highest BCUT2D eigenvalue weighted by Crippen LogP contribution is 2.11. The van der Waals surface area contributed by atoms with Gasteiger partial charge in [0.25, 0.3) is 0 Å². The Labute approximate surface area is 109 Å². The molecule has 0 heterocycles. The summed E-state index contributed by atoms with van der Waals surface area (Å²) in [6.07, 6.45) is 1.23. The summed E-state index contributed by atoms with van der Waals surface area (Å²) < 4.78 is 5.14. The highest BCUT2D eigenvalue weighted by Gasteiger charge is 2.01. The van der Waals surface area contributed by atoms with E-state index in [2.05, 4.69) is 31.3 Å². The Morgan fingerprint density at radius 1 is 1.29 bits per heavy atom. The standard InChI is InChI=1S/C14H23NOS/c1-4-17-10-9-12(2)15-11-13-5-7-14(16-3)8-6-13/h5-8,12,15H,4,9-11H2,1-3H3. The van der Waals surface area contributed by atoms with Crippen LogP contribution in [0.5, 0.6) is 5.75 Å². The minimum atomic E-state index is 0.580. The zero-order chi connectivity index (χ0) is 12.5. The molecule has 0 spiro atoms. The lowest BCUT2D eigenvalue weighted by molar-refractivity contribution is 0.414. The van der Waals surface area contributed by atoms with Crippen molar-refractivity contribution in [3.8, 4) is 5.75 Å². The molecule has 3 heteroatoms. The highest BCUT2D eigenvalue weighted by atomic mass is 32.2. The van der Waals surface area contributed by atoms with Gasteiger partial charge >= 0.3 is 0 Å². The number of nitrogens with one attached hydrogen (secondary N) is 1. The van der Waals surface area contributed by atoms with Gasteiger partial charge in [-0.1, -0.05) is 19.1 Å². The molecule has 0 aliphatic rings. The van der Waals surface area contributed by atoms with Crippen molar-refractivity contribution in [2.45, 2.75) is 32.9 Å². The molecule has 0 fully saturated rings. The first-order valence-corrected chi connectivity index (χ1v) is 7.35. The average molecular weight is 253 g/mol. The molecular formula is C14H23NOS. The number of benzene rings is 1. The molecule has 2 nitrogen and oxygen atoms in total. The van der Waals surface area contributed by atoms with Crippen LogP contribution in [-0.4, -0.2) is 24.7 Å². The van der Waals surface area contributed by atoms with Crippen LogP contribution in [0.15, 0.2) is 24.3 Å². The normalized spacial score (nSPS) is 12.4. The Morgan fingerprint density at radius 3 is 2.59 bits per heavy atom. The van der Waals surface area contributed by atoms with Crippen molar-refractivity contribution < 1.29 is 4.74 Å². The molecule has 1 unspecified atom stereocenters. The van der Waals surface area contributed by atoms with Gasteiger partial charge in [-0.05, 0) is 42.5 Å². The third kappa shape index (κ3) is 5.99. The molecule has 1 atom stereocenters. The summed E-state index contributed by atoms with van der Waals surface area (Å²) in [6.45, 7) is 5.39. The van der Waals surface area contributed by atoms with Crippen molar-refractivity contribution in [1.82, 2.24) is 5.32 Å². The maximum Gasteiger partial charge on any atom is 0.118 e. The topological polar surface area (TPSA) is 21.3 Å². The van der Waals surface area contributed by atoms with Gasteiger partial charge in [-0.25, -0.2) is 0 Å². The molecule has 1 N–H and O–H groups in total. The van der Waals surface area contributed by atoms with Crippen LogP contribution in [0.4, 0.5) is 0 Å².